The molecular formula is C14H21NS. The summed E-state index contributed by atoms with van der Waals surface area (Å²) in [4.78, 5) is 0. The normalized spacial score (nSPS) is 30.5. The molecule has 2 aliphatic rings. The Hall–Kier alpha value is -0.340. The van der Waals surface area contributed by atoms with Crippen LogP contribution in [0.3, 0.4) is 0 Å². The Morgan fingerprint density at radius 2 is 2.12 bits per heavy atom. The van der Waals surface area contributed by atoms with Gasteiger partial charge in [-0.15, -0.1) is 0 Å². The van der Waals surface area contributed by atoms with Crippen LogP contribution in [0.15, 0.2) is 16.8 Å². The SMILES string of the molecule is c1cc(CNC2CCCC(C3CC3)C2)cs1. The van der Waals surface area contributed by atoms with Gasteiger partial charge in [0, 0.05) is 12.6 Å². The summed E-state index contributed by atoms with van der Waals surface area (Å²) >= 11 is 1.80. The molecule has 2 fully saturated rings. The number of hydrogen-bond acceptors (Lipinski definition) is 2. The molecule has 0 amide bonds. The van der Waals surface area contributed by atoms with Gasteiger partial charge in [-0.05, 0) is 59.9 Å². The molecule has 88 valence electrons. The second-order valence-electron chi connectivity index (χ2n) is 5.47. The summed E-state index contributed by atoms with van der Waals surface area (Å²) in [6, 6.07) is 3.03. The molecule has 2 unspecified atom stereocenters. The van der Waals surface area contributed by atoms with Crippen molar-refractivity contribution in [1.82, 2.24) is 5.32 Å². The van der Waals surface area contributed by atoms with Crippen molar-refractivity contribution >= 4 is 11.3 Å². The van der Waals surface area contributed by atoms with Crippen LogP contribution in [0.4, 0.5) is 0 Å². The Balaban J connectivity index is 1.47. The molecule has 1 heterocycles. The Bertz CT molecular complexity index is 315. The van der Waals surface area contributed by atoms with E-state index in [4.69, 9.17) is 0 Å². The first-order chi connectivity index (χ1) is 7.92. The predicted molar refractivity (Wildman–Crippen MR) is 69.6 cm³/mol. The molecule has 2 saturated carbocycles. The van der Waals surface area contributed by atoms with Crippen molar-refractivity contribution in [2.24, 2.45) is 11.8 Å². The number of nitrogens with one attached hydrogen (secondary N) is 1. The smallest absolute Gasteiger partial charge is 0.0216 e. The van der Waals surface area contributed by atoms with Crippen LogP contribution >= 0.6 is 11.3 Å². The van der Waals surface area contributed by atoms with Crippen LogP contribution in [0.5, 0.6) is 0 Å². The summed E-state index contributed by atoms with van der Waals surface area (Å²) < 4.78 is 0. The number of thiophene rings is 1. The van der Waals surface area contributed by atoms with Crippen LogP contribution in [0.25, 0.3) is 0 Å². The first-order valence-electron chi connectivity index (χ1n) is 6.66. The lowest BCUT2D eigenvalue weighted by atomic mass is 9.82. The van der Waals surface area contributed by atoms with Gasteiger partial charge in [-0.1, -0.05) is 12.8 Å². The van der Waals surface area contributed by atoms with Gasteiger partial charge in [0.05, 0.1) is 0 Å². The van der Waals surface area contributed by atoms with Crippen molar-refractivity contribution in [1.29, 1.82) is 0 Å². The molecule has 0 spiro atoms. The molecule has 3 rings (SSSR count). The molecule has 0 saturated heterocycles. The summed E-state index contributed by atoms with van der Waals surface area (Å²) in [5.74, 6) is 2.15. The minimum absolute atomic E-state index is 0.791. The molecule has 1 aromatic rings. The molecule has 0 radical (unpaired) electrons. The lowest BCUT2D eigenvalue weighted by Crippen LogP contribution is -2.34. The standard InChI is InChI=1S/C14H21NS/c1-2-13(12-4-5-12)8-14(3-1)15-9-11-6-7-16-10-11/h6-7,10,12-15H,1-5,8-9H2. The van der Waals surface area contributed by atoms with Crippen molar-refractivity contribution < 1.29 is 0 Å². The van der Waals surface area contributed by atoms with Crippen LogP contribution in [0.2, 0.25) is 0 Å². The molecule has 0 bridgehead atoms. The van der Waals surface area contributed by atoms with E-state index in [1.54, 1.807) is 11.3 Å². The van der Waals surface area contributed by atoms with E-state index in [1.807, 2.05) is 0 Å². The van der Waals surface area contributed by atoms with Gasteiger partial charge in [0.2, 0.25) is 0 Å². The highest BCUT2D eigenvalue weighted by molar-refractivity contribution is 7.07. The van der Waals surface area contributed by atoms with Crippen LogP contribution in [-0.4, -0.2) is 6.04 Å². The van der Waals surface area contributed by atoms with Crippen molar-refractivity contribution in [3.63, 3.8) is 0 Å². The van der Waals surface area contributed by atoms with E-state index in [9.17, 15) is 0 Å². The molecular weight excluding hydrogens is 214 g/mol. The zero-order valence-corrected chi connectivity index (χ0v) is 10.6. The van der Waals surface area contributed by atoms with E-state index in [1.165, 1.54) is 44.1 Å². The molecule has 2 atom stereocenters. The van der Waals surface area contributed by atoms with Gasteiger partial charge in [-0.3, -0.25) is 0 Å². The van der Waals surface area contributed by atoms with E-state index < -0.39 is 0 Å². The molecule has 2 aliphatic carbocycles. The highest BCUT2D eigenvalue weighted by atomic mass is 32.1. The van der Waals surface area contributed by atoms with Gasteiger partial charge in [0.15, 0.2) is 0 Å². The van der Waals surface area contributed by atoms with Crippen molar-refractivity contribution in [2.75, 3.05) is 0 Å². The van der Waals surface area contributed by atoms with Gasteiger partial charge in [0.1, 0.15) is 0 Å². The van der Waals surface area contributed by atoms with E-state index in [0.29, 0.717) is 0 Å². The zero-order valence-electron chi connectivity index (χ0n) is 9.82. The Morgan fingerprint density at radius 1 is 1.19 bits per heavy atom. The molecule has 1 nitrogen and oxygen atoms in total. The lowest BCUT2D eigenvalue weighted by molar-refractivity contribution is 0.260. The molecule has 1 aromatic heterocycles. The summed E-state index contributed by atoms with van der Waals surface area (Å²) in [6.45, 7) is 1.07. The molecule has 1 N–H and O–H groups in total. The van der Waals surface area contributed by atoms with E-state index in [0.717, 1.165) is 24.4 Å². The third-order valence-electron chi connectivity index (χ3n) is 4.18. The average molecular weight is 235 g/mol. The van der Waals surface area contributed by atoms with Gasteiger partial charge in [0.25, 0.3) is 0 Å². The van der Waals surface area contributed by atoms with Crippen LogP contribution in [0, 0.1) is 11.8 Å². The second kappa shape index (κ2) is 4.89. The minimum Gasteiger partial charge on any atom is -0.310 e. The van der Waals surface area contributed by atoms with Gasteiger partial charge in [-0.25, -0.2) is 0 Å². The molecule has 0 aliphatic heterocycles. The Morgan fingerprint density at radius 3 is 2.88 bits per heavy atom. The summed E-state index contributed by atoms with van der Waals surface area (Å²) in [5, 5.41) is 8.17. The van der Waals surface area contributed by atoms with Crippen molar-refractivity contribution in [3.8, 4) is 0 Å². The van der Waals surface area contributed by atoms with Crippen LogP contribution in [0.1, 0.15) is 44.1 Å². The maximum atomic E-state index is 3.74. The summed E-state index contributed by atoms with van der Waals surface area (Å²) in [5.41, 5.74) is 1.46. The molecule has 2 heteroatoms. The number of hydrogen-bond donors (Lipinski definition) is 1. The number of rotatable bonds is 4. The monoisotopic (exact) mass is 235 g/mol. The fraction of sp³-hybridized carbons (Fsp3) is 0.714. The zero-order chi connectivity index (χ0) is 10.8. The van der Waals surface area contributed by atoms with Gasteiger partial charge < -0.3 is 5.32 Å². The van der Waals surface area contributed by atoms with Crippen molar-refractivity contribution in [3.05, 3.63) is 22.4 Å². The topological polar surface area (TPSA) is 12.0 Å². The van der Waals surface area contributed by atoms with Crippen molar-refractivity contribution in [2.45, 2.75) is 51.1 Å². The second-order valence-corrected chi connectivity index (χ2v) is 6.25. The molecule has 0 aromatic carbocycles. The van der Waals surface area contributed by atoms with Gasteiger partial charge >= 0.3 is 0 Å². The third-order valence-corrected chi connectivity index (χ3v) is 4.91. The first kappa shape index (κ1) is 10.8. The van der Waals surface area contributed by atoms with E-state index in [2.05, 4.69) is 22.1 Å². The summed E-state index contributed by atoms with van der Waals surface area (Å²) in [7, 11) is 0. The Kier molecular flexibility index (Phi) is 3.30. The maximum Gasteiger partial charge on any atom is 0.0216 e. The fourth-order valence-electron chi connectivity index (χ4n) is 3.06. The maximum absolute atomic E-state index is 3.74. The first-order valence-corrected chi connectivity index (χ1v) is 7.60. The third kappa shape index (κ3) is 2.67. The average Bonchev–Trinajstić information content (AvgIpc) is 3.05. The summed E-state index contributed by atoms with van der Waals surface area (Å²) in [6.07, 6.45) is 8.82. The van der Waals surface area contributed by atoms with Gasteiger partial charge in [-0.2, -0.15) is 11.3 Å². The largest absolute Gasteiger partial charge is 0.310 e. The molecule has 16 heavy (non-hydrogen) atoms. The fourth-order valence-corrected chi connectivity index (χ4v) is 3.73. The van der Waals surface area contributed by atoms with Crippen LogP contribution < -0.4 is 5.32 Å². The van der Waals surface area contributed by atoms with E-state index >= 15 is 0 Å². The predicted octanol–water partition coefficient (Wildman–Crippen LogP) is 3.81. The van der Waals surface area contributed by atoms with E-state index in [-0.39, 0.29) is 0 Å². The lowest BCUT2D eigenvalue weighted by Gasteiger charge is -2.30. The highest BCUT2D eigenvalue weighted by Gasteiger charge is 2.34. The van der Waals surface area contributed by atoms with Crippen LogP contribution in [-0.2, 0) is 6.54 Å². The highest BCUT2D eigenvalue weighted by Crippen LogP contribution is 2.43. The quantitative estimate of drug-likeness (QED) is 0.837. The minimum atomic E-state index is 0.791. The Labute approximate surface area is 102 Å².